The molecule has 4 heteroatoms. The molecular weight excluding hydrogens is 218 g/mol. The highest BCUT2D eigenvalue weighted by Crippen LogP contribution is 2.39. The highest BCUT2D eigenvalue weighted by molar-refractivity contribution is 5.55. The Hall–Kier alpha value is -1.42. The topological polar surface area (TPSA) is 50.7 Å². The molecule has 2 N–H and O–H groups in total. The van der Waals surface area contributed by atoms with E-state index in [9.17, 15) is 5.11 Å². The van der Waals surface area contributed by atoms with Gasteiger partial charge in [-0.2, -0.15) is 0 Å². The summed E-state index contributed by atoms with van der Waals surface area (Å²) in [5.41, 5.74) is 0.905. The average molecular weight is 237 g/mol. The summed E-state index contributed by atoms with van der Waals surface area (Å²) in [6, 6.07) is 4.19. The number of rotatable bonds is 4. The number of benzene rings is 1. The molecule has 1 saturated heterocycles. The molecule has 1 heterocycles. The minimum absolute atomic E-state index is 0.195. The Bertz CT molecular complexity index is 386. The van der Waals surface area contributed by atoms with E-state index in [2.05, 4.69) is 5.32 Å². The second kappa shape index (κ2) is 5.27. The van der Waals surface area contributed by atoms with Gasteiger partial charge in [-0.3, -0.25) is 0 Å². The Morgan fingerprint density at radius 1 is 1.35 bits per heavy atom. The third-order valence-corrected chi connectivity index (χ3v) is 3.23. The first-order chi connectivity index (χ1) is 8.26. The molecular formula is C13H19NO3. The van der Waals surface area contributed by atoms with Crippen molar-refractivity contribution in [1.29, 1.82) is 0 Å². The van der Waals surface area contributed by atoms with Crippen molar-refractivity contribution in [3.05, 3.63) is 17.7 Å². The van der Waals surface area contributed by atoms with Crippen molar-refractivity contribution in [2.75, 3.05) is 20.8 Å². The minimum Gasteiger partial charge on any atom is -0.504 e. The maximum absolute atomic E-state index is 10.1. The summed E-state index contributed by atoms with van der Waals surface area (Å²) >= 11 is 0. The van der Waals surface area contributed by atoms with Gasteiger partial charge in [-0.05, 0) is 37.4 Å². The summed E-state index contributed by atoms with van der Waals surface area (Å²) in [5, 5.41) is 13.5. The van der Waals surface area contributed by atoms with E-state index < -0.39 is 0 Å². The molecule has 0 radical (unpaired) electrons. The van der Waals surface area contributed by atoms with Crippen LogP contribution < -0.4 is 14.8 Å². The lowest BCUT2D eigenvalue weighted by Gasteiger charge is -2.15. The molecule has 1 aromatic carbocycles. The van der Waals surface area contributed by atoms with Gasteiger partial charge >= 0.3 is 0 Å². The summed E-state index contributed by atoms with van der Waals surface area (Å²) in [7, 11) is 3.10. The van der Waals surface area contributed by atoms with Crippen molar-refractivity contribution < 1.29 is 14.6 Å². The fraction of sp³-hybridized carbons (Fsp3) is 0.538. The van der Waals surface area contributed by atoms with Gasteiger partial charge in [0.05, 0.1) is 14.2 Å². The fourth-order valence-electron chi connectivity index (χ4n) is 2.31. The lowest BCUT2D eigenvalue weighted by Crippen LogP contribution is -2.23. The molecule has 0 aromatic heterocycles. The molecule has 1 aliphatic heterocycles. The average Bonchev–Trinajstić information content (AvgIpc) is 2.84. The van der Waals surface area contributed by atoms with E-state index in [-0.39, 0.29) is 5.75 Å². The number of phenolic OH excluding ortho intramolecular Hbond substituents is 1. The van der Waals surface area contributed by atoms with Crippen LogP contribution in [0.25, 0.3) is 0 Å². The third kappa shape index (κ3) is 2.47. The Morgan fingerprint density at radius 3 is 2.76 bits per heavy atom. The Morgan fingerprint density at radius 2 is 2.18 bits per heavy atom. The highest BCUT2D eigenvalue weighted by Gasteiger charge is 2.19. The van der Waals surface area contributed by atoms with Gasteiger partial charge in [0.25, 0.3) is 0 Å². The van der Waals surface area contributed by atoms with Crippen molar-refractivity contribution in [3.8, 4) is 17.2 Å². The van der Waals surface area contributed by atoms with Crippen molar-refractivity contribution in [2.45, 2.75) is 25.3 Å². The van der Waals surface area contributed by atoms with Crippen LogP contribution in [0, 0.1) is 0 Å². The van der Waals surface area contributed by atoms with Gasteiger partial charge in [-0.15, -0.1) is 0 Å². The standard InChI is InChI=1S/C13H19NO3/c1-16-11-6-5-9(12(15)13(11)17-2)8-10-4-3-7-14-10/h5-6,10,14-15H,3-4,7-8H2,1-2H3. The van der Waals surface area contributed by atoms with E-state index in [4.69, 9.17) is 9.47 Å². The highest BCUT2D eigenvalue weighted by atomic mass is 16.5. The van der Waals surface area contributed by atoms with Crippen molar-refractivity contribution >= 4 is 0 Å². The van der Waals surface area contributed by atoms with Crippen LogP contribution in [0.5, 0.6) is 17.2 Å². The molecule has 1 atom stereocenters. The summed E-state index contributed by atoms with van der Waals surface area (Å²) in [6.45, 7) is 1.07. The van der Waals surface area contributed by atoms with Crippen LogP contribution >= 0.6 is 0 Å². The molecule has 1 fully saturated rings. The van der Waals surface area contributed by atoms with Gasteiger partial charge in [0.1, 0.15) is 0 Å². The van der Waals surface area contributed by atoms with Crippen LogP contribution in [0.1, 0.15) is 18.4 Å². The predicted molar refractivity (Wildman–Crippen MR) is 65.9 cm³/mol. The molecule has 0 saturated carbocycles. The summed E-state index contributed by atoms with van der Waals surface area (Å²) in [5.74, 6) is 1.18. The number of ether oxygens (including phenoxy) is 2. The molecule has 4 nitrogen and oxygen atoms in total. The summed E-state index contributed by atoms with van der Waals surface area (Å²) in [4.78, 5) is 0. The van der Waals surface area contributed by atoms with Crippen LogP contribution in [0.2, 0.25) is 0 Å². The van der Waals surface area contributed by atoms with Gasteiger partial charge in [0.2, 0.25) is 5.75 Å². The minimum atomic E-state index is 0.195. The fourth-order valence-corrected chi connectivity index (χ4v) is 2.31. The molecule has 0 amide bonds. The second-order valence-electron chi connectivity index (χ2n) is 4.31. The monoisotopic (exact) mass is 237 g/mol. The molecule has 1 aliphatic rings. The molecule has 94 valence electrons. The van der Waals surface area contributed by atoms with E-state index >= 15 is 0 Å². The Balaban J connectivity index is 2.22. The maximum atomic E-state index is 10.1. The number of aromatic hydroxyl groups is 1. The normalized spacial score (nSPS) is 19.3. The first-order valence-electron chi connectivity index (χ1n) is 5.92. The van der Waals surface area contributed by atoms with E-state index in [0.29, 0.717) is 17.5 Å². The van der Waals surface area contributed by atoms with Crippen LogP contribution in [-0.4, -0.2) is 31.9 Å². The van der Waals surface area contributed by atoms with E-state index in [1.54, 1.807) is 7.11 Å². The van der Waals surface area contributed by atoms with Crippen molar-refractivity contribution in [2.24, 2.45) is 0 Å². The number of methoxy groups -OCH3 is 2. The van der Waals surface area contributed by atoms with Gasteiger partial charge in [0, 0.05) is 6.04 Å². The van der Waals surface area contributed by atoms with Crippen molar-refractivity contribution in [3.63, 3.8) is 0 Å². The zero-order valence-corrected chi connectivity index (χ0v) is 10.3. The van der Waals surface area contributed by atoms with E-state index in [1.165, 1.54) is 13.5 Å². The Labute approximate surface area is 102 Å². The zero-order chi connectivity index (χ0) is 12.3. The number of phenols is 1. The smallest absolute Gasteiger partial charge is 0.203 e. The number of nitrogens with one attached hydrogen (secondary N) is 1. The van der Waals surface area contributed by atoms with Crippen LogP contribution in [0.4, 0.5) is 0 Å². The Kier molecular flexibility index (Phi) is 3.74. The van der Waals surface area contributed by atoms with Gasteiger partial charge in [0.15, 0.2) is 11.5 Å². The largest absolute Gasteiger partial charge is 0.504 e. The van der Waals surface area contributed by atoms with Crippen LogP contribution in [0.15, 0.2) is 12.1 Å². The molecule has 17 heavy (non-hydrogen) atoms. The van der Waals surface area contributed by atoms with Gasteiger partial charge in [-0.25, -0.2) is 0 Å². The zero-order valence-electron chi connectivity index (χ0n) is 10.3. The second-order valence-corrected chi connectivity index (χ2v) is 4.31. The molecule has 0 spiro atoms. The first-order valence-corrected chi connectivity index (χ1v) is 5.92. The molecule has 0 aliphatic carbocycles. The van der Waals surface area contributed by atoms with Crippen molar-refractivity contribution in [1.82, 2.24) is 5.32 Å². The third-order valence-electron chi connectivity index (χ3n) is 3.23. The molecule has 2 rings (SSSR count). The van der Waals surface area contributed by atoms with Crippen LogP contribution in [-0.2, 0) is 6.42 Å². The predicted octanol–water partition coefficient (Wildman–Crippen LogP) is 1.70. The number of hydrogen-bond acceptors (Lipinski definition) is 4. The van der Waals surface area contributed by atoms with E-state index in [0.717, 1.165) is 24.9 Å². The van der Waals surface area contributed by atoms with Gasteiger partial charge in [-0.1, -0.05) is 6.07 Å². The van der Waals surface area contributed by atoms with Gasteiger partial charge < -0.3 is 19.9 Å². The summed E-state index contributed by atoms with van der Waals surface area (Å²) in [6.07, 6.45) is 3.19. The van der Waals surface area contributed by atoms with Crippen LogP contribution in [0.3, 0.4) is 0 Å². The SMILES string of the molecule is COc1ccc(CC2CCCN2)c(O)c1OC. The van der Waals surface area contributed by atoms with E-state index in [1.807, 2.05) is 12.1 Å². The lowest BCUT2D eigenvalue weighted by molar-refractivity contribution is 0.330. The summed E-state index contributed by atoms with van der Waals surface area (Å²) < 4.78 is 10.3. The first kappa shape index (κ1) is 12.0. The number of hydrogen-bond donors (Lipinski definition) is 2. The maximum Gasteiger partial charge on any atom is 0.203 e. The quantitative estimate of drug-likeness (QED) is 0.837. The molecule has 1 aromatic rings. The molecule has 1 unspecified atom stereocenters. The lowest BCUT2D eigenvalue weighted by atomic mass is 10.0. The molecule has 0 bridgehead atoms.